The Balaban J connectivity index is 1.81. The van der Waals surface area contributed by atoms with Crippen molar-refractivity contribution >= 4 is 5.91 Å². The molecule has 1 atom stereocenters. The summed E-state index contributed by atoms with van der Waals surface area (Å²) in [5.74, 6) is 0.786. The van der Waals surface area contributed by atoms with Crippen LogP contribution in [0.5, 0.6) is 5.75 Å². The predicted octanol–water partition coefficient (Wildman–Crippen LogP) is 2.90. The minimum absolute atomic E-state index is 0.00632. The standard InChI is InChI=1S/C17H18N2O2/c1-12(16-6-2-3-9-18-16)21-14-7-8-15-13(11-14)5-4-10-19-17(15)20/h2-3,6-9,11-12H,4-5,10H2,1H3,(H,19,20). The number of aromatic nitrogens is 1. The van der Waals surface area contributed by atoms with Gasteiger partial charge in [0.05, 0.1) is 5.69 Å². The second-order valence-corrected chi connectivity index (χ2v) is 5.19. The van der Waals surface area contributed by atoms with Crippen LogP contribution in [0.25, 0.3) is 0 Å². The number of hydrogen-bond donors (Lipinski definition) is 1. The van der Waals surface area contributed by atoms with E-state index in [2.05, 4.69) is 10.3 Å². The van der Waals surface area contributed by atoms with Gasteiger partial charge < -0.3 is 10.1 Å². The average Bonchev–Trinajstić information content (AvgIpc) is 2.70. The van der Waals surface area contributed by atoms with Crippen molar-refractivity contribution in [3.8, 4) is 5.75 Å². The molecule has 1 aliphatic rings. The zero-order valence-corrected chi connectivity index (χ0v) is 12.0. The van der Waals surface area contributed by atoms with Crippen molar-refractivity contribution in [2.75, 3.05) is 6.54 Å². The van der Waals surface area contributed by atoms with Crippen LogP contribution < -0.4 is 10.1 Å². The van der Waals surface area contributed by atoms with Gasteiger partial charge in [-0.15, -0.1) is 0 Å². The smallest absolute Gasteiger partial charge is 0.251 e. The molecule has 21 heavy (non-hydrogen) atoms. The molecule has 0 saturated carbocycles. The Morgan fingerprint density at radius 1 is 1.29 bits per heavy atom. The van der Waals surface area contributed by atoms with Crippen LogP contribution >= 0.6 is 0 Å². The summed E-state index contributed by atoms with van der Waals surface area (Å²) in [5.41, 5.74) is 2.70. The highest BCUT2D eigenvalue weighted by Crippen LogP contribution is 2.25. The number of ether oxygens (including phenoxy) is 1. The lowest BCUT2D eigenvalue weighted by Crippen LogP contribution is -2.22. The minimum atomic E-state index is -0.121. The highest BCUT2D eigenvalue weighted by Gasteiger charge is 2.16. The number of carbonyl (C=O) groups is 1. The molecule has 1 aromatic carbocycles. The normalized spacial score (nSPS) is 15.6. The molecule has 0 aliphatic carbocycles. The number of nitrogens with zero attached hydrogens (tertiary/aromatic N) is 1. The number of fused-ring (bicyclic) bond motifs is 1. The lowest BCUT2D eigenvalue weighted by atomic mass is 10.0. The summed E-state index contributed by atoms with van der Waals surface area (Å²) in [6.45, 7) is 2.70. The van der Waals surface area contributed by atoms with E-state index in [1.54, 1.807) is 6.20 Å². The van der Waals surface area contributed by atoms with E-state index < -0.39 is 0 Å². The van der Waals surface area contributed by atoms with Gasteiger partial charge in [0.25, 0.3) is 5.91 Å². The van der Waals surface area contributed by atoms with Gasteiger partial charge in [0.15, 0.2) is 0 Å². The van der Waals surface area contributed by atoms with Crippen molar-refractivity contribution in [1.82, 2.24) is 10.3 Å². The highest BCUT2D eigenvalue weighted by molar-refractivity contribution is 5.96. The van der Waals surface area contributed by atoms with Gasteiger partial charge in [-0.1, -0.05) is 6.07 Å². The number of hydrogen-bond acceptors (Lipinski definition) is 3. The molecule has 0 saturated heterocycles. The molecule has 1 unspecified atom stereocenters. The fourth-order valence-corrected chi connectivity index (χ4v) is 2.53. The Bertz CT molecular complexity index is 640. The maximum Gasteiger partial charge on any atom is 0.251 e. The number of aryl methyl sites for hydroxylation is 1. The maximum atomic E-state index is 11.9. The first-order valence-corrected chi connectivity index (χ1v) is 7.23. The van der Waals surface area contributed by atoms with Crippen LogP contribution in [0.1, 0.15) is 41.1 Å². The number of pyridine rings is 1. The van der Waals surface area contributed by atoms with E-state index in [0.29, 0.717) is 0 Å². The van der Waals surface area contributed by atoms with Gasteiger partial charge in [0.1, 0.15) is 11.9 Å². The summed E-state index contributed by atoms with van der Waals surface area (Å²) in [5, 5.41) is 2.90. The molecule has 0 bridgehead atoms. The Labute approximate surface area is 124 Å². The quantitative estimate of drug-likeness (QED) is 0.941. The van der Waals surface area contributed by atoms with Crippen molar-refractivity contribution in [1.29, 1.82) is 0 Å². The van der Waals surface area contributed by atoms with Gasteiger partial charge in [0, 0.05) is 18.3 Å². The molecule has 108 valence electrons. The second kappa shape index (κ2) is 5.95. The summed E-state index contributed by atoms with van der Waals surface area (Å²) in [6, 6.07) is 11.4. The van der Waals surface area contributed by atoms with E-state index >= 15 is 0 Å². The molecule has 4 heteroatoms. The van der Waals surface area contributed by atoms with Crippen LogP contribution in [-0.4, -0.2) is 17.4 Å². The fraction of sp³-hybridized carbons (Fsp3) is 0.294. The number of nitrogens with one attached hydrogen (secondary N) is 1. The van der Waals surface area contributed by atoms with Crippen LogP contribution in [0.3, 0.4) is 0 Å². The number of rotatable bonds is 3. The first-order chi connectivity index (χ1) is 10.2. The third-order valence-electron chi connectivity index (χ3n) is 3.65. The molecule has 1 N–H and O–H groups in total. The lowest BCUT2D eigenvalue weighted by Gasteiger charge is -2.15. The summed E-state index contributed by atoms with van der Waals surface area (Å²) >= 11 is 0. The van der Waals surface area contributed by atoms with Crippen molar-refractivity contribution in [2.24, 2.45) is 0 Å². The van der Waals surface area contributed by atoms with Gasteiger partial charge in [-0.2, -0.15) is 0 Å². The summed E-state index contributed by atoms with van der Waals surface area (Å²) in [7, 11) is 0. The first kappa shape index (κ1) is 13.6. The van der Waals surface area contributed by atoms with Gasteiger partial charge in [-0.3, -0.25) is 9.78 Å². The molecular formula is C17H18N2O2. The van der Waals surface area contributed by atoms with E-state index in [1.807, 2.05) is 43.3 Å². The van der Waals surface area contributed by atoms with Crippen LogP contribution in [-0.2, 0) is 6.42 Å². The molecule has 1 aromatic heterocycles. The molecule has 0 spiro atoms. The monoisotopic (exact) mass is 282 g/mol. The molecule has 3 rings (SSSR count). The number of benzene rings is 1. The molecule has 2 heterocycles. The van der Waals surface area contributed by atoms with E-state index in [0.717, 1.165) is 42.0 Å². The van der Waals surface area contributed by atoms with Gasteiger partial charge in [-0.25, -0.2) is 0 Å². The van der Waals surface area contributed by atoms with E-state index in [1.165, 1.54) is 0 Å². The van der Waals surface area contributed by atoms with E-state index in [4.69, 9.17) is 4.74 Å². The van der Waals surface area contributed by atoms with E-state index in [9.17, 15) is 4.79 Å². The number of amides is 1. The van der Waals surface area contributed by atoms with Gasteiger partial charge >= 0.3 is 0 Å². The second-order valence-electron chi connectivity index (χ2n) is 5.19. The number of carbonyl (C=O) groups excluding carboxylic acids is 1. The van der Waals surface area contributed by atoms with Crippen LogP contribution in [0.2, 0.25) is 0 Å². The fourth-order valence-electron chi connectivity index (χ4n) is 2.53. The zero-order chi connectivity index (χ0) is 14.7. The minimum Gasteiger partial charge on any atom is -0.484 e. The van der Waals surface area contributed by atoms with Crippen molar-refractivity contribution in [2.45, 2.75) is 25.9 Å². The third kappa shape index (κ3) is 3.05. The zero-order valence-electron chi connectivity index (χ0n) is 12.0. The maximum absolute atomic E-state index is 11.9. The first-order valence-electron chi connectivity index (χ1n) is 7.23. The largest absolute Gasteiger partial charge is 0.484 e. The third-order valence-corrected chi connectivity index (χ3v) is 3.65. The van der Waals surface area contributed by atoms with Crippen molar-refractivity contribution < 1.29 is 9.53 Å². The van der Waals surface area contributed by atoms with Crippen LogP contribution in [0, 0.1) is 0 Å². The Morgan fingerprint density at radius 3 is 3.00 bits per heavy atom. The molecule has 0 fully saturated rings. The SMILES string of the molecule is CC(Oc1ccc2c(c1)CCCNC2=O)c1ccccn1. The van der Waals surface area contributed by atoms with Gasteiger partial charge in [0.2, 0.25) is 0 Å². The van der Waals surface area contributed by atoms with Crippen LogP contribution in [0.15, 0.2) is 42.6 Å². The molecule has 1 aliphatic heterocycles. The molecular weight excluding hydrogens is 264 g/mol. The summed E-state index contributed by atoms with van der Waals surface area (Å²) in [4.78, 5) is 16.2. The van der Waals surface area contributed by atoms with Gasteiger partial charge in [-0.05, 0) is 55.7 Å². The summed E-state index contributed by atoms with van der Waals surface area (Å²) < 4.78 is 5.95. The lowest BCUT2D eigenvalue weighted by molar-refractivity contribution is 0.0956. The summed E-state index contributed by atoms with van der Waals surface area (Å²) in [6.07, 6.45) is 3.49. The molecule has 4 nitrogen and oxygen atoms in total. The Hall–Kier alpha value is -2.36. The molecule has 0 radical (unpaired) electrons. The predicted molar refractivity (Wildman–Crippen MR) is 80.4 cm³/mol. The van der Waals surface area contributed by atoms with Crippen LogP contribution in [0.4, 0.5) is 0 Å². The van der Waals surface area contributed by atoms with Crippen molar-refractivity contribution in [3.05, 3.63) is 59.4 Å². The Morgan fingerprint density at radius 2 is 2.19 bits per heavy atom. The molecule has 1 amide bonds. The van der Waals surface area contributed by atoms with Crippen molar-refractivity contribution in [3.63, 3.8) is 0 Å². The highest BCUT2D eigenvalue weighted by atomic mass is 16.5. The molecule has 2 aromatic rings. The van der Waals surface area contributed by atoms with E-state index in [-0.39, 0.29) is 12.0 Å². The topological polar surface area (TPSA) is 51.2 Å². The Kier molecular flexibility index (Phi) is 3.86. The average molecular weight is 282 g/mol.